The summed E-state index contributed by atoms with van der Waals surface area (Å²) < 4.78 is 6.12. The number of rotatable bonds is 4. The molecule has 3 N–H and O–H groups in total. The maximum atomic E-state index is 5.76. The van der Waals surface area contributed by atoms with E-state index in [2.05, 4.69) is 31.2 Å². The number of hydrogen-bond acceptors (Lipinski definition) is 5. The van der Waals surface area contributed by atoms with Gasteiger partial charge in [0.2, 0.25) is 0 Å². The number of nitrogen functional groups attached to an aromatic ring is 1. The smallest absolute Gasteiger partial charge is 0.136 e. The molecule has 0 aliphatic carbocycles. The summed E-state index contributed by atoms with van der Waals surface area (Å²) >= 11 is 3.48. The molecule has 1 aromatic heterocycles. The van der Waals surface area contributed by atoms with E-state index in [9.17, 15) is 0 Å². The Morgan fingerprint density at radius 2 is 2.11 bits per heavy atom. The number of nitrogens with one attached hydrogen (secondary N) is 1. The van der Waals surface area contributed by atoms with E-state index in [1.54, 1.807) is 13.2 Å². The molecule has 0 aliphatic heterocycles. The number of halogens is 1. The number of nitrogens with two attached hydrogens (primary N) is 1. The van der Waals surface area contributed by atoms with E-state index < -0.39 is 0 Å². The first-order chi connectivity index (χ1) is 9.12. The number of benzene rings is 1. The second kappa shape index (κ2) is 5.88. The van der Waals surface area contributed by atoms with Gasteiger partial charge in [-0.25, -0.2) is 9.97 Å². The Hall–Kier alpha value is -1.82. The third kappa shape index (κ3) is 3.35. The molecule has 0 atom stereocenters. The first-order valence-corrected chi connectivity index (χ1v) is 6.65. The molecule has 5 nitrogen and oxygen atoms in total. The third-order valence-electron chi connectivity index (χ3n) is 2.54. The van der Waals surface area contributed by atoms with Crippen molar-refractivity contribution in [3.05, 3.63) is 34.6 Å². The summed E-state index contributed by atoms with van der Waals surface area (Å²) in [5.74, 6) is 2.59. The number of aromatic nitrogens is 2. The highest BCUT2D eigenvalue weighted by Gasteiger charge is 2.06. The van der Waals surface area contributed by atoms with Gasteiger partial charge in [-0.2, -0.15) is 0 Å². The van der Waals surface area contributed by atoms with E-state index in [4.69, 9.17) is 10.5 Å². The largest absolute Gasteiger partial charge is 0.497 e. The Labute approximate surface area is 120 Å². The molecule has 0 amide bonds. The molecule has 0 saturated heterocycles. The Balaban J connectivity index is 2.32. The standard InChI is InChI=1S/C13H15BrN4O/c1-3-12-17-11(15)7-13(18-12)16-10-6-8(19-2)4-5-9(10)14/h4-7H,3H2,1-2H3,(H3,15,16,17,18). The Kier molecular flexibility index (Phi) is 4.21. The fourth-order valence-electron chi connectivity index (χ4n) is 1.60. The molecule has 2 aromatic rings. The third-order valence-corrected chi connectivity index (χ3v) is 3.24. The second-order valence-corrected chi connectivity index (χ2v) is 4.77. The van der Waals surface area contributed by atoms with Gasteiger partial charge < -0.3 is 15.8 Å². The molecule has 0 bridgehead atoms. The van der Waals surface area contributed by atoms with Gasteiger partial charge in [0, 0.05) is 23.0 Å². The first-order valence-electron chi connectivity index (χ1n) is 5.86. The lowest BCUT2D eigenvalue weighted by atomic mass is 10.3. The molecular weight excluding hydrogens is 308 g/mol. The van der Waals surface area contributed by atoms with Crippen molar-refractivity contribution in [3.63, 3.8) is 0 Å². The van der Waals surface area contributed by atoms with E-state index in [0.29, 0.717) is 17.5 Å². The number of methoxy groups -OCH3 is 1. The molecular formula is C13H15BrN4O. The first kappa shape index (κ1) is 13.6. The van der Waals surface area contributed by atoms with Crippen LogP contribution >= 0.6 is 15.9 Å². The molecule has 1 heterocycles. The van der Waals surface area contributed by atoms with Gasteiger partial charge in [-0.15, -0.1) is 0 Å². The van der Waals surface area contributed by atoms with Gasteiger partial charge in [0.15, 0.2) is 0 Å². The minimum absolute atomic E-state index is 0.452. The normalized spacial score (nSPS) is 10.3. The fourth-order valence-corrected chi connectivity index (χ4v) is 1.95. The van der Waals surface area contributed by atoms with Crippen molar-refractivity contribution < 1.29 is 4.74 Å². The van der Waals surface area contributed by atoms with E-state index in [1.165, 1.54) is 0 Å². The van der Waals surface area contributed by atoms with Gasteiger partial charge in [-0.1, -0.05) is 6.92 Å². The molecule has 100 valence electrons. The Bertz CT molecular complexity index is 589. The predicted molar refractivity (Wildman–Crippen MR) is 79.8 cm³/mol. The molecule has 1 aromatic carbocycles. The van der Waals surface area contributed by atoms with Crippen molar-refractivity contribution in [2.45, 2.75) is 13.3 Å². The number of nitrogens with zero attached hydrogens (tertiary/aromatic N) is 2. The van der Waals surface area contributed by atoms with Gasteiger partial charge in [0.05, 0.1) is 12.8 Å². The maximum absolute atomic E-state index is 5.76. The number of anilines is 3. The Morgan fingerprint density at radius 3 is 2.79 bits per heavy atom. The van der Waals surface area contributed by atoms with Crippen molar-refractivity contribution in [2.24, 2.45) is 0 Å². The van der Waals surface area contributed by atoms with Gasteiger partial charge >= 0.3 is 0 Å². The zero-order chi connectivity index (χ0) is 13.8. The lowest BCUT2D eigenvalue weighted by molar-refractivity contribution is 0.415. The average Bonchev–Trinajstić information content (AvgIpc) is 2.40. The molecule has 19 heavy (non-hydrogen) atoms. The number of ether oxygens (including phenoxy) is 1. The van der Waals surface area contributed by atoms with Crippen molar-refractivity contribution in [2.75, 3.05) is 18.2 Å². The highest BCUT2D eigenvalue weighted by atomic mass is 79.9. The summed E-state index contributed by atoms with van der Waals surface area (Å²) in [4.78, 5) is 8.52. The molecule has 6 heteroatoms. The molecule has 0 radical (unpaired) electrons. The Morgan fingerprint density at radius 1 is 1.32 bits per heavy atom. The van der Waals surface area contributed by atoms with Crippen molar-refractivity contribution >= 4 is 33.3 Å². The van der Waals surface area contributed by atoms with Gasteiger partial charge in [-0.3, -0.25) is 0 Å². The molecule has 2 rings (SSSR count). The topological polar surface area (TPSA) is 73.1 Å². The van der Waals surface area contributed by atoms with Crippen molar-refractivity contribution in [1.82, 2.24) is 9.97 Å². The van der Waals surface area contributed by atoms with Crippen LogP contribution in [-0.2, 0) is 6.42 Å². The highest BCUT2D eigenvalue weighted by molar-refractivity contribution is 9.10. The fraction of sp³-hybridized carbons (Fsp3) is 0.231. The van der Waals surface area contributed by atoms with E-state index in [-0.39, 0.29) is 0 Å². The van der Waals surface area contributed by atoms with Crippen LogP contribution in [0.2, 0.25) is 0 Å². The molecule has 0 saturated carbocycles. The molecule has 0 spiro atoms. The summed E-state index contributed by atoms with van der Waals surface area (Å²) in [6.07, 6.45) is 0.735. The summed E-state index contributed by atoms with van der Waals surface area (Å²) in [5.41, 5.74) is 6.62. The van der Waals surface area contributed by atoms with Crippen LogP contribution in [0, 0.1) is 0 Å². The lowest BCUT2D eigenvalue weighted by Crippen LogP contribution is -2.03. The van der Waals surface area contributed by atoms with Gasteiger partial charge in [0.25, 0.3) is 0 Å². The second-order valence-electron chi connectivity index (χ2n) is 3.92. The van der Waals surface area contributed by atoms with Crippen LogP contribution in [0.4, 0.5) is 17.3 Å². The van der Waals surface area contributed by atoms with Gasteiger partial charge in [0.1, 0.15) is 23.2 Å². The maximum Gasteiger partial charge on any atom is 0.136 e. The zero-order valence-corrected chi connectivity index (χ0v) is 12.4. The van der Waals surface area contributed by atoms with Crippen LogP contribution in [0.15, 0.2) is 28.7 Å². The quantitative estimate of drug-likeness (QED) is 0.904. The van der Waals surface area contributed by atoms with Crippen LogP contribution in [0.5, 0.6) is 5.75 Å². The van der Waals surface area contributed by atoms with Gasteiger partial charge in [-0.05, 0) is 28.1 Å². The summed E-state index contributed by atoms with van der Waals surface area (Å²) in [7, 11) is 1.63. The molecule has 0 unspecified atom stereocenters. The monoisotopic (exact) mass is 322 g/mol. The van der Waals surface area contributed by atoms with Crippen molar-refractivity contribution in [1.29, 1.82) is 0 Å². The summed E-state index contributed by atoms with van der Waals surface area (Å²) in [5, 5.41) is 3.20. The average molecular weight is 323 g/mol. The van der Waals surface area contributed by atoms with Crippen LogP contribution in [0.25, 0.3) is 0 Å². The van der Waals surface area contributed by atoms with Crippen molar-refractivity contribution in [3.8, 4) is 5.75 Å². The molecule has 0 aliphatic rings. The summed E-state index contributed by atoms with van der Waals surface area (Å²) in [6.45, 7) is 1.99. The number of hydrogen-bond donors (Lipinski definition) is 2. The van der Waals surface area contributed by atoms with E-state index in [1.807, 2.05) is 25.1 Å². The zero-order valence-electron chi connectivity index (χ0n) is 10.8. The van der Waals surface area contributed by atoms with E-state index in [0.717, 1.165) is 22.3 Å². The lowest BCUT2D eigenvalue weighted by Gasteiger charge is -2.11. The summed E-state index contributed by atoms with van der Waals surface area (Å²) in [6, 6.07) is 7.37. The number of aryl methyl sites for hydroxylation is 1. The van der Waals surface area contributed by atoms with Crippen LogP contribution in [0.1, 0.15) is 12.7 Å². The molecule has 0 fully saturated rings. The minimum Gasteiger partial charge on any atom is -0.497 e. The highest BCUT2D eigenvalue weighted by Crippen LogP contribution is 2.29. The van der Waals surface area contributed by atoms with E-state index >= 15 is 0 Å². The van der Waals surface area contributed by atoms with Crippen LogP contribution in [-0.4, -0.2) is 17.1 Å². The minimum atomic E-state index is 0.452. The van der Waals surface area contributed by atoms with Crippen LogP contribution < -0.4 is 15.8 Å². The van der Waals surface area contributed by atoms with Crippen LogP contribution in [0.3, 0.4) is 0 Å². The SMILES string of the molecule is CCc1nc(N)cc(Nc2cc(OC)ccc2Br)n1. The predicted octanol–water partition coefficient (Wildman–Crippen LogP) is 3.14.